The molecule has 0 N–H and O–H groups in total. The largest absolute Gasteiger partial charge is 0.408 e. The number of benzene rings is 1. The van der Waals surface area contributed by atoms with Gasteiger partial charge in [-0.25, -0.2) is 0 Å². The summed E-state index contributed by atoms with van der Waals surface area (Å²) in [4.78, 5) is 7.19. The van der Waals surface area contributed by atoms with E-state index < -0.39 is 0 Å². The molecule has 3 nitrogen and oxygen atoms in total. The third kappa shape index (κ3) is 2.45. The van der Waals surface area contributed by atoms with E-state index >= 15 is 0 Å². The van der Waals surface area contributed by atoms with Gasteiger partial charge in [0.25, 0.3) is 0 Å². The molecule has 0 saturated carbocycles. The lowest BCUT2D eigenvalue weighted by Gasteiger charge is -2.44. The molecule has 0 bridgehead atoms. The zero-order valence-corrected chi connectivity index (χ0v) is 15.5. The maximum atomic E-state index is 2.47. The first-order chi connectivity index (χ1) is 10.7. The molecule has 122 valence electrons. The van der Waals surface area contributed by atoms with Crippen molar-refractivity contribution < 1.29 is 0 Å². The molecular formula is C19H28BN3. The lowest BCUT2D eigenvalue weighted by molar-refractivity contribution is 0.264. The summed E-state index contributed by atoms with van der Waals surface area (Å²) >= 11 is 0. The van der Waals surface area contributed by atoms with Crippen molar-refractivity contribution in [2.24, 2.45) is 5.41 Å². The second-order valence-corrected chi connectivity index (χ2v) is 7.85. The number of hydrogen-bond donors (Lipinski definition) is 0. The predicted molar refractivity (Wildman–Crippen MR) is 99.4 cm³/mol. The predicted octanol–water partition coefficient (Wildman–Crippen LogP) is 2.05. The van der Waals surface area contributed by atoms with Crippen LogP contribution in [-0.2, 0) is 0 Å². The third-order valence-corrected chi connectivity index (χ3v) is 5.20. The first kappa shape index (κ1) is 16.0. The highest BCUT2D eigenvalue weighted by Gasteiger charge is 2.40. The van der Waals surface area contributed by atoms with Crippen LogP contribution in [0.2, 0.25) is 0 Å². The van der Waals surface area contributed by atoms with E-state index in [2.05, 4.69) is 99.9 Å². The average molecular weight is 309 g/mol. The highest BCUT2D eigenvalue weighted by atomic mass is 15.4. The van der Waals surface area contributed by atoms with Gasteiger partial charge in [-0.15, -0.1) is 0 Å². The summed E-state index contributed by atoms with van der Waals surface area (Å²) in [6.07, 6.45) is 4.76. The minimum Gasteiger partial charge on any atom is -0.397 e. The van der Waals surface area contributed by atoms with Gasteiger partial charge in [-0.1, -0.05) is 45.0 Å². The smallest absolute Gasteiger partial charge is 0.397 e. The molecule has 0 unspecified atom stereocenters. The summed E-state index contributed by atoms with van der Waals surface area (Å²) in [6.45, 7) is 11.7. The van der Waals surface area contributed by atoms with Crippen molar-refractivity contribution in [3.05, 3.63) is 47.1 Å². The van der Waals surface area contributed by atoms with E-state index in [1.807, 2.05) is 0 Å². The Balaban J connectivity index is 2.25. The van der Waals surface area contributed by atoms with Crippen LogP contribution in [0.1, 0.15) is 34.6 Å². The Labute approximate surface area is 140 Å². The van der Waals surface area contributed by atoms with Crippen LogP contribution in [0.3, 0.4) is 0 Å². The molecular weight excluding hydrogens is 281 g/mol. The molecule has 0 amide bonds. The van der Waals surface area contributed by atoms with Gasteiger partial charge in [0.15, 0.2) is 0 Å². The number of rotatable bonds is 1. The van der Waals surface area contributed by atoms with E-state index in [1.165, 1.54) is 21.6 Å². The van der Waals surface area contributed by atoms with E-state index in [0.717, 1.165) is 0 Å². The van der Waals surface area contributed by atoms with Crippen molar-refractivity contribution >= 4 is 18.2 Å². The lowest BCUT2D eigenvalue weighted by atomic mass is 9.59. The van der Waals surface area contributed by atoms with Crippen molar-refractivity contribution in [2.45, 2.75) is 40.8 Å². The summed E-state index contributed by atoms with van der Waals surface area (Å²) in [5.74, 6) is 0. The van der Waals surface area contributed by atoms with Gasteiger partial charge < -0.3 is 14.5 Å². The van der Waals surface area contributed by atoms with Crippen molar-refractivity contribution in [1.29, 1.82) is 0 Å². The molecule has 0 saturated heterocycles. The minimum atomic E-state index is 0.0996. The molecule has 0 aromatic heterocycles. The Morgan fingerprint density at radius 1 is 1.00 bits per heavy atom. The Morgan fingerprint density at radius 3 is 2.13 bits per heavy atom. The fourth-order valence-electron chi connectivity index (χ4n) is 4.06. The molecule has 1 aromatic rings. The molecule has 0 fully saturated rings. The lowest BCUT2D eigenvalue weighted by Crippen LogP contribution is -2.60. The van der Waals surface area contributed by atoms with Crippen molar-refractivity contribution in [3.63, 3.8) is 0 Å². The molecule has 4 heteroatoms. The standard InChI is InChI=1S/C19H28BN3/c1-14-16-10-8-9-11-17(16)18(19(3,4)5)22(7)20(14)23-13-12-21(6)15(23)2/h8-13,15H,1-7H3/t15-/m0/s1. The second-order valence-electron chi connectivity index (χ2n) is 7.85. The van der Waals surface area contributed by atoms with Gasteiger partial charge in [-0.05, 0) is 36.8 Å². The molecule has 23 heavy (non-hydrogen) atoms. The van der Waals surface area contributed by atoms with Crippen molar-refractivity contribution in [2.75, 3.05) is 14.1 Å². The summed E-state index contributed by atoms with van der Waals surface area (Å²) < 4.78 is 0. The fraction of sp³-hybridized carbons (Fsp3) is 0.474. The van der Waals surface area contributed by atoms with Gasteiger partial charge in [0.1, 0.15) is 0 Å². The summed E-state index contributed by atoms with van der Waals surface area (Å²) in [5.41, 5.74) is 2.93. The number of nitrogens with zero attached hydrogens (tertiary/aromatic N) is 3. The highest BCUT2D eigenvalue weighted by molar-refractivity contribution is 6.73. The zero-order chi connectivity index (χ0) is 16.9. The third-order valence-electron chi connectivity index (χ3n) is 5.20. The maximum absolute atomic E-state index is 2.47. The van der Waals surface area contributed by atoms with E-state index in [9.17, 15) is 0 Å². The molecule has 1 aromatic carbocycles. The highest BCUT2D eigenvalue weighted by Crippen LogP contribution is 2.33. The molecule has 1 atom stereocenters. The van der Waals surface area contributed by atoms with Crippen LogP contribution in [0.5, 0.6) is 0 Å². The average Bonchev–Trinajstić information content (AvgIpc) is 2.78. The first-order valence-corrected chi connectivity index (χ1v) is 8.44. The molecule has 0 aliphatic carbocycles. The van der Waals surface area contributed by atoms with Crippen molar-refractivity contribution in [1.82, 2.24) is 14.5 Å². The van der Waals surface area contributed by atoms with Crippen LogP contribution in [-0.4, -0.2) is 41.8 Å². The summed E-state index contributed by atoms with van der Waals surface area (Å²) in [5, 5.41) is 2.76. The van der Waals surface area contributed by atoms with Gasteiger partial charge in [-0.2, -0.15) is 0 Å². The monoisotopic (exact) mass is 309 g/mol. The van der Waals surface area contributed by atoms with Crippen LogP contribution in [0.25, 0.3) is 11.2 Å². The van der Waals surface area contributed by atoms with E-state index in [4.69, 9.17) is 0 Å². The van der Waals surface area contributed by atoms with Gasteiger partial charge in [-0.3, -0.25) is 0 Å². The number of hydrogen-bond acceptors (Lipinski definition) is 3. The Hall–Kier alpha value is -1.84. The molecule has 2 heterocycles. The topological polar surface area (TPSA) is 9.72 Å². The molecule has 2 aliphatic rings. The Kier molecular flexibility index (Phi) is 3.74. The maximum Gasteiger partial charge on any atom is 0.408 e. The molecule has 3 rings (SSSR count). The van der Waals surface area contributed by atoms with Crippen molar-refractivity contribution in [3.8, 4) is 0 Å². The van der Waals surface area contributed by atoms with E-state index in [0.29, 0.717) is 6.17 Å². The zero-order valence-electron chi connectivity index (χ0n) is 15.5. The Bertz CT molecular complexity index is 760. The van der Waals surface area contributed by atoms with Crippen LogP contribution >= 0.6 is 0 Å². The van der Waals surface area contributed by atoms with Crippen LogP contribution in [0, 0.1) is 5.41 Å². The minimum absolute atomic E-state index is 0.0996. The Morgan fingerprint density at radius 2 is 1.61 bits per heavy atom. The van der Waals surface area contributed by atoms with E-state index in [-0.39, 0.29) is 12.4 Å². The van der Waals surface area contributed by atoms with Gasteiger partial charge in [0.05, 0.1) is 6.17 Å². The number of fused-ring (bicyclic) bond motifs is 1. The first-order valence-electron chi connectivity index (χ1n) is 8.44. The fourth-order valence-corrected chi connectivity index (χ4v) is 4.06. The molecule has 0 radical (unpaired) electrons. The SMILES string of the molecule is CC1=c2ccccc2=C(C(C)(C)C)N(C)B1N1C=CN(C)[C@@H]1C. The van der Waals surface area contributed by atoms with E-state index in [1.54, 1.807) is 0 Å². The van der Waals surface area contributed by atoms with Gasteiger partial charge in [0, 0.05) is 30.6 Å². The normalized spacial score (nSPS) is 21.4. The quantitative estimate of drug-likeness (QED) is 0.735. The summed E-state index contributed by atoms with van der Waals surface area (Å²) in [7, 11) is 4.38. The molecule has 2 aliphatic heterocycles. The molecule has 0 spiro atoms. The summed E-state index contributed by atoms with van der Waals surface area (Å²) in [6, 6.07) is 8.84. The van der Waals surface area contributed by atoms with Crippen LogP contribution in [0.4, 0.5) is 0 Å². The van der Waals surface area contributed by atoms with Gasteiger partial charge >= 0.3 is 6.98 Å². The van der Waals surface area contributed by atoms with Gasteiger partial charge in [0.2, 0.25) is 0 Å². The second kappa shape index (κ2) is 5.36. The van der Waals surface area contributed by atoms with Crippen LogP contribution in [0.15, 0.2) is 36.7 Å². The van der Waals surface area contributed by atoms with Crippen LogP contribution < -0.4 is 10.4 Å².